The second-order valence-electron chi connectivity index (χ2n) is 13.3. The highest BCUT2D eigenvalue weighted by molar-refractivity contribution is 7.25. The SMILES string of the molecule is c1ccc(C2=NC(c3cccc4sc5ccccc5c34)NC(c3cccc4oc5c(ccc6c(-c7ccccc7)nc7ccccc7c65)c34)N2)cc1. The van der Waals surface area contributed by atoms with Gasteiger partial charge in [-0.2, -0.15) is 0 Å². The van der Waals surface area contributed by atoms with Gasteiger partial charge in [-0.3, -0.25) is 5.32 Å². The Morgan fingerprint density at radius 1 is 0.519 bits per heavy atom. The summed E-state index contributed by atoms with van der Waals surface area (Å²) in [6.45, 7) is 0. The molecule has 2 N–H and O–H groups in total. The van der Waals surface area contributed by atoms with Gasteiger partial charge >= 0.3 is 0 Å². The van der Waals surface area contributed by atoms with Gasteiger partial charge in [0.1, 0.15) is 29.3 Å². The number of hydrogen-bond donors (Lipinski definition) is 2. The fraction of sp³-hybridized carbons (Fsp3) is 0.0435. The van der Waals surface area contributed by atoms with Crippen LogP contribution in [0.25, 0.3) is 75.0 Å². The summed E-state index contributed by atoms with van der Waals surface area (Å²) in [6, 6.07) is 55.3. The van der Waals surface area contributed by atoms with E-state index in [1.165, 1.54) is 20.2 Å². The first-order valence-electron chi connectivity index (χ1n) is 17.6. The minimum Gasteiger partial charge on any atom is -0.455 e. The van der Waals surface area contributed by atoms with Gasteiger partial charge in [0.15, 0.2) is 0 Å². The van der Waals surface area contributed by atoms with Crippen molar-refractivity contribution < 1.29 is 4.42 Å². The molecule has 4 heterocycles. The zero-order valence-corrected chi connectivity index (χ0v) is 28.7. The van der Waals surface area contributed by atoms with E-state index in [0.717, 1.165) is 77.4 Å². The predicted octanol–water partition coefficient (Wildman–Crippen LogP) is 11.7. The third kappa shape index (κ3) is 4.51. The molecule has 0 radical (unpaired) electrons. The van der Waals surface area contributed by atoms with Crippen LogP contribution < -0.4 is 10.6 Å². The van der Waals surface area contributed by atoms with E-state index in [9.17, 15) is 0 Å². The largest absolute Gasteiger partial charge is 0.455 e. The van der Waals surface area contributed by atoms with Crippen molar-refractivity contribution in [3.63, 3.8) is 0 Å². The van der Waals surface area contributed by atoms with E-state index < -0.39 is 0 Å². The molecule has 10 aromatic rings. The number of nitrogens with zero attached hydrogens (tertiary/aromatic N) is 2. The van der Waals surface area contributed by atoms with Gasteiger partial charge in [-0.25, -0.2) is 9.98 Å². The zero-order valence-electron chi connectivity index (χ0n) is 27.9. The van der Waals surface area contributed by atoms with E-state index in [4.69, 9.17) is 14.4 Å². The molecule has 0 spiro atoms. The molecule has 1 aliphatic heterocycles. The average molecular weight is 687 g/mol. The third-order valence-electron chi connectivity index (χ3n) is 10.4. The molecular weight excluding hydrogens is 657 g/mol. The van der Waals surface area contributed by atoms with Gasteiger partial charge in [0.2, 0.25) is 0 Å². The van der Waals surface area contributed by atoms with Crippen LogP contribution in [0.5, 0.6) is 0 Å². The van der Waals surface area contributed by atoms with Gasteiger partial charge in [-0.15, -0.1) is 11.3 Å². The highest BCUT2D eigenvalue weighted by Crippen LogP contribution is 2.44. The lowest BCUT2D eigenvalue weighted by atomic mass is 9.96. The Morgan fingerprint density at radius 3 is 2.08 bits per heavy atom. The molecule has 0 fully saturated rings. The predicted molar refractivity (Wildman–Crippen MR) is 216 cm³/mol. The van der Waals surface area contributed by atoms with Crippen molar-refractivity contribution in [1.82, 2.24) is 15.6 Å². The molecule has 2 unspecified atom stereocenters. The van der Waals surface area contributed by atoms with Gasteiger partial charge < -0.3 is 9.73 Å². The van der Waals surface area contributed by atoms with Crippen LogP contribution in [0.2, 0.25) is 0 Å². The highest BCUT2D eigenvalue weighted by atomic mass is 32.1. The first kappa shape index (κ1) is 29.4. The minimum absolute atomic E-state index is 0.257. The first-order chi connectivity index (χ1) is 25.8. The zero-order chi connectivity index (χ0) is 34.2. The Morgan fingerprint density at radius 2 is 1.21 bits per heavy atom. The molecule has 2 atom stereocenters. The maximum atomic E-state index is 6.90. The van der Waals surface area contributed by atoms with E-state index >= 15 is 0 Å². The maximum Gasteiger partial charge on any atom is 0.144 e. The number of para-hydroxylation sites is 1. The second kappa shape index (κ2) is 11.6. The topological polar surface area (TPSA) is 62.5 Å². The third-order valence-corrected chi connectivity index (χ3v) is 11.5. The lowest BCUT2D eigenvalue weighted by Crippen LogP contribution is -2.45. The molecule has 52 heavy (non-hydrogen) atoms. The van der Waals surface area contributed by atoms with Gasteiger partial charge in [-0.1, -0.05) is 127 Å². The number of aromatic nitrogens is 1. The van der Waals surface area contributed by atoms with Crippen molar-refractivity contribution in [2.75, 3.05) is 0 Å². The molecule has 246 valence electrons. The van der Waals surface area contributed by atoms with Crippen LogP contribution in [0.15, 0.2) is 167 Å². The Hall–Kier alpha value is -6.34. The van der Waals surface area contributed by atoms with Crippen molar-refractivity contribution in [1.29, 1.82) is 0 Å². The summed E-state index contributed by atoms with van der Waals surface area (Å²) < 4.78 is 9.45. The maximum absolute atomic E-state index is 6.90. The molecule has 0 saturated carbocycles. The van der Waals surface area contributed by atoms with Gasteiger partial charge in [0, 0.05) is 69.4 Å². The van der Waals surface area contributed by atoms with Crippen molar-refractivity contribution >= 4 is 81.0 Å². The monoisotopic (exact) mass is 686 g/mol. The molecule has 0 bridgehead atoms. The molecular formula is C46H30N4OS. The van der Waals surface area contributed by atoms with Gasteiger partial charge in [0.05, 0.1) is 11.2 Å². The van der Waals surface area contributed by atoms with Crippen molar-refractivity contribution in [2.24, 2.45) is 4.99 Å². The highest BCUT2D eigenvalue weighted by Gasteiger charge is 2.30. The number of hydrogen-bond acceptors (Lipinski definition) is 6. The van der Waals surface area contributed by atoms with Crippen LogP contribution >= 0.6 is 11.3 Å². The molecule has 1 aliphatic rings. The fourth-order valence-electron chi connectivity index (χ4n) is 8.05. The summed E-state index contributed by atoms with van der Waals surface area (Å²) in [5, 5.41) is 15.6. The summed E-state index contributed by atoms with van der Waals surface area (Å²) in [4.78, 5) is 10.5. The van der Waals surface area contributed by atoms with Gasteiger partial charge in [-0.05, 0) is 30.3 Å². The molecule has 11 rings (SSSR count). The summed E-state index contributed by atoms with van der Waals surface area (Å²) in [5.41, 5.74) is 8.01. The quantitative estimate of drug-likeness (QED) is 0.181. The van der Waals surface area contributed by atoms with E-state index in [1.54, 1.807) is 0 Å². The molecule has 7 aromatic carbocycles. The molecule has 0 amide bonds. The Bertz CT molecular complexity index is 3040. The number of benzene rings is 7. The van der Waals surface area contributed by atoms with Crippen LogP contribution in [0.3, 0.4) is 0 Å². The number of amidine groups is 1. The second-order valence-corrected chi connectivity index (χ2v) is 14.4. The number of thiophene rings is 1. The number of fused-ring (bicyclic) bond motifs is 10. The normalized spacial score (nSPS) is 16.3. The van der Waals surface area contributed by atoms with E-state index in [0.29, 0.717) is 0 Å². The van der Waals surface area contributed by atoms with Crippen LogP contribution in [-0.4, -0.2) is 10.8 Å². The van der Waals surface area contributed by atoms with Crippen LogP contribution in [-0.2, 0) is 0 Å². The molecule has 0 saturated heterocycles. The minimum atomic E-state index is -0.291. The van der Waals surface area contributed by atoms with E-state index in [1.807, 2.05) is 23.5 Å². The summed E-state index contributed by atoms with van der Waals surface area (Å²) >= 11 is 1.83. The Balaban J connectivity index is 1.13. The summed E-state index contributed by atoms with van der Waals surface area (Å²) in [6.07, 6.45) is -0.548. The number of rotatable bonds is 4. The Kier molecular flexibility index (Phi) is 6.56. The fourth-order valence-corrected chi connectivity index (χ4v) is 9.19. The Labute approximate surface area is 302 Å². The van der Waals surface area contributed by atoms with Crippen LogP contribution in [0.1, 0.15) is 29.0 Å². The lowest BCUT2D eigenvalue weighted by Gasteiger charge is -2.32. The summed E-state index contributed by atoms with van der Waals surface area (Å²) in [5.74, 6) is 0.853. The van der Waals surface area contributed by atoms with Crippen molar-refractivity contribution in [3.05, 3.63) is 174 Å². The molecule has 3 aromatic heterocycles. The average Bonchev–Trinajstić information content (AvgIpc) is 3.80. The lowest BCUT2D eigenvalue weighted by molar-refractivity contribution is 0.413. The van der Waals surface area contributed by atoms with E-state index in [2.05, 4.69) is 156 Å². The number of aliphatic imine (C=N–C) groups is 1. The first-order valence-corrected chi connectivity index (χ1v) is 18.4. The van der Waals surface area contributed by atoms with Crippen molar-refractivity contribution in [3.8, 4) is 11.3 Å². The molecule has 5 nitrogen and oxygen atoms in total. The number of nitrogens with one attached hydrogen (secondary N) is 2. The van der Waals surface area contributed by atoms with Crippen molar-refractivity contribution in [2.45, 2.75) is 12.3 Å². The van der Waals surface area contributed by atoms with Gasteiger partial charge in [0.25, 0.3) is 0 Å². The molecule has 0 aliphatic carbocycles. The van der Waals surface area contributed by atoms with Crippen LogP contribution in [0.4, 0.5) is 0 Å². The number of furan rings is 1. The molecule has 6 heteroatoms. The summed E-state index contributed by atoms with van der Waals surface area (Å²) in [7, 11) is 0. The smallest absolute Gasteiger partial charge is 0.144 e. The van der Waals surface area contributed by atoms with Crippen LogP contribution in [0, 0.1) is 0 Å². The van der Waals surface area contributed by atoms with E-state index in [-0.39, 0.29) is 12.3 Å². The number of pyridine rings is 1. The standard InChI is InChI=1S/C46H30N4OS/c1-3-13-27(14-4-1)42-31-25-26-32-39-33(19-11-22-36(39)51-43(32)41(31)29-17-7-9-21-35(29)47-42)45-48-44(28-15-5-2-6-16-28)49-46(50-45)34-20-12-24-38-40(34)30-18-8-10-23-37(30)52-38/h1-26,45-46,50H,(H,48,49).